The van der Waals surface area contributed by atoms with Crippen LogP contribution in [-0.2, 0) is 4.74 Å². The second-order valence-corrected chi connectivity index (χ2v) is 2.95. The third kappa shape index (κ3) is 3.47. The van der Waals surface area contributed by atoms with Crippen LogP contribution in [0.5, 0.6) is 0 Å². The topological polar surface area (TPSA) is 64.4 Å². The number of nitrogens with zero attached hydrogens (tertiary/aromatic N) is 1. The van der Waals surface area contributed by atoms with Crippen molar-refractivity contribution >= 4 is 12.0 Å². The minimum Gasteiger partial charge on any atom is -0.449 e. The Bertz CT molecular complexity index is 296. The summed E-state index contributed by atoms with van der Waals surface area (Å²) >= 11 is 0. The number of carbonyl (C=O) groups excluding carboxylic acids is 1. The zero-order chi connectivity index (χ0) is 10.4. The minimum absolute atomic E-state index is 0.309. The smallest absolute Gasteiger partial charge is 0.414 e. The van der Waals surface area contributed by atoms with E-state index >= 15 is 0 Å². The van der Waals surface area contributed by atoms with Crippen LogP contribution in [0.25, 0.3) is 0 Å². The van der Waals surface area contributed by atoms with Gasteiger partial charge in [0, 0.05) is 6.07 Å². The normalized spacial score (nSPS) is 9.86. The van der Waals surface area contributed by atoms with Crippen LogP contribution < -0.4 is 5.32 Å². The zero-order valence-electron chi connectivity index (χ0n) is 8.37. The molecule has 0 unspecified atom stereocenters. The fourth-order valence-corrected chi connectivity index (χ4v) is 0.868. The molecule has 0 aliphatic rings. The second kappa shape index (κ2) is 5.26. The first kappa shape index (κ1) is 10.6. The van der Waals surface area contributed by atoms with Gasteiger partial charge in [-0.2, -0.15) is 0 Å². The molecule has 0 spiro atoms. The number of unbranched alkanes of at least 4 members (excludes halogenated alkanes) is 1. The van der Waals surface area contributed by atoms with Gasteiger partial charge in [0.05, 0.1) is 12.3 Å². The number of nitrogens with one attached hydrogen (secondary N) is 1. The Balaban J connectivity index is 2.27. The Kier molecular flexibility index (Phi) is 3.97. The Morgan fingerprint density at radius 3 is 3.07 bits per heavy atom. The maximum absolute atomic E-state index is 11.1. The fourth-order valence-electron chi connectivity index (χ4n) is 0.868. The van der Waals surface area contributed by atoms with Gasteiger partial charge in [-0.05, 0) is 13.3 Å². The van der Waals surface area contributed by atoms with E-state index in [1.807, 2.05) is 6.92 Å². The van der Waals surface area contributed by atoms with E-state index in [1.54, 1.807) is 13.0 Å². The molecule has 0 radical (unpaired) electrons. The molecule has 1 aromatic heterocycles. The van der Waals surface area contributed by atoms with E-state index < -0.39 is 6.09 Å². The molecule has 0 saturated carbocycles. The summed E-state index contributed by atoms with van der Waals surface area (Å²) in [5.41, 5.74) is 0.717. The van der Waals surface area contributed by atoms with Crippen molar-refractivity contribution in [2.75, 3.05) is 11.9 Å². The summed E-state index contributed by atoms with van der Waals surface area (Å²) in [6.45, 7) is 4.23. The van der Waals surface area contributed by atoms with E-state index in [9.17, 15) is 4.79 Å². The van der Waals surface area contributed by atoms with Gasteiger partial charge in [0.15, 0.2) is 0 Å². The molecule has 1 aromatic rings. The van der Waals surface area contributed by atoms with Crippen molar-refractivity contribution in [1.82, 2.24) is 5.16 Å². The summed E-state index contributed by atoms with van der Waals surface area (Å²) in [7, 11) is 0. The molecule has 0 fully saturated rings. The van der Waals surface area contributed by atoms with Crippen LogP contribution in [0, 0.1) is 6.92 Å². The maximum atomic E-state index is 11.1. The number of aromatic nitrogens is 1. The fraction of sp³-hybridized carbons (Fsp3) is 0.556. The molecule has 0 atom stereocenters. The third-order valence-corrected chi connectivity index (χ3v) is 1.58. The van der Waals surface area contributed by atoms with Crippen LogP contribution in [0.4, 0.5) is 10.7 Å². The minimum atomic E-state index is -0.505. The highest BCUT2D eigenvalue weighted by Gasteiger charge is 2.06. The van der Waals surface area contributed by atoms with Gasteiger partial charge in [0.1, 0.15) is 0 Å². The molecular weight excluding hydrogens is 184 g/mol. The summed E-state index contributed by atoms with van der Waals surface area (Å²) in [4.78, 5) is 11.1. The lowest BCUT2D eigenvalue weighted by atomic mass is 10.4. The predicted octanol–water partition coefficient (Wildman–Crippen LogP) is 2.33. The van der Waals surface area contributed by atoms with Gasteiger partial charge in [-0.25, -0.2) is 4.79 Å². The predicted molar refractivity (Wildman–Crippen MR) is 51.1 cm³/mol. The maximum Gasteiger partial charge on any atom is 0.414 e. The largest absolute Gasteiger partial charge is 0.449 e. The average Bonchev–Trinajstić information content (AvgIpc) is 2.52. The van der Waals surface area contributed by atoms with Crippen molar-refractivity contribution in [3.8, 4) is 0 Å². The van der Waals surface area contributed by atoms with Crippen LogP contribution >= 0.6 is 0 Å². The quantitative estimate of drug-likeness (QED) is 0.754. The molecule has 78 valence electrons. The number of ether oxygens (including phenoxy) is 1. The Morgan fingerprint density at radius 1 is 1.71 bits per heavy atom. The first-order valence-corrected chi connectivity index (χ1v) is 4.59. The van der Waals surface area contributed by atoms with Crippen LogP contribution in [0.2, 0.25) is 0 Å². The molecule has 1 N–H and O–H groups in total. The van der Waals surface area contributed by atoms with E-state index in [2.05, 4.69) is 10.5 Å². The van der Waals surface area contributed by atoms with Crippen LogP contribution in [0.1, 0.15) is 25.5 Å². The molecule has 0 aromatic carbocycles. The summed E-state index contributed by atoms with van der Waals surface area (Å²) in [5, 5.41) is 6.05. The molecule has 1 heterocycles. The standard InChI is InChI=1S/C9H14N2O3/c1-3-4-5-13-9(12)10-8-6-7(2)11-14-8/h6H,3-5H2,1-2H3,(H,10,12). The van der Waals surface area contributed by atoms with Crippen molar-refractivity contribution in [2.45, 2.75) is 26.7 Å². The van der Waals surface area contributed by atoms with Crippen LogP contribution in [0.15, 0.2) is 10.6 Å². The van der Waals surface area contributed by atoms with E-state index in [-0.39, 0.29) is 0 Å². The molecule has 0 aliphatic carbocycles. The van der Waals surface area contributed by atoms with Gasteiger partial charge >= 0.3 is 6.09 Å². The van der Waals surface area contributed by atoms with Crippen LogP contribution in [-0.4, -0.2) is 17.9 Å². The molecule has 1 amide bonds. The molecular formula is C9H14N2O3. The van der Waals surface area contributed by atoms with Gasteiger partial charge < -0.3 is 9.26 Å². The number of carbonyl (C=O) groups is 1. The monoisotopic (exact) mass is 198 g/mol. The van der Waals surface area contributed by atoms with Crippen molar-refractivity contribution in [2.24, 2.45) is 0 Å². The lowest BCUT2D eigenvalue weighted by Gasteiger charge is -2.02. The van der Waals surface area contributed by atoms with Crippen molar-refractivity contribution < 1.29 is 14.1 Å². The Morgan fingerprint density at radius 2 is 2.50 bits per heavy atom. The molecule has 0 aliphatic heterocycles. The number of hydrogen-bond acceptors (Lipinski definition) is 4. The first-order chi connectivity index (χ1) is 6.72. The summed E-state index contributed by atoms with van der Waals surface area (Å²) in [6.07, 6.45) is 1.35. The molecule has 5 nitrogen and oxygen atoms in total. The first-order valence-electron chi connectivity index (χ1n) is 4.59. The number of anilines is 1. The van der Waals surface area contributed by atoms with Crippen molar-refractivity contribution in [1.29, 1.82) is 0 Å². The molecule has 0 saturated heterocycles. The average molecular weight is 198 g/mol. The van der Waals surface area contributed by atoms with Gasteiger partial charge in [0.2, 0.25) is 5.88 Å². The summed E-state index contributed by atoms with van der Waals surface area (Å²) in [6, 6.07) is 1.63. The highest BCUT2D eigenvalue weighted by Crippen LogP contribution is 2.08. The van der Waals surface area contributed by atoms with Crippen LogP contribution in [0.3, 0.4) is 0 Å². The molecule has 5 heteroatoms. The zero-order valence-corrected chi connectivity index (χ0v) is 8.37. The number of amides is 1. The number of aryl methyl sites for hydroxylation is 1. The van der Waals surface area contributed by atoms with Gasteiger partial charge in [-0.1, -0.05) is 18.5 Å². The molecule has 1 rings (SSSR count). The summed E-state index contributed by atoms with van der Waals surface area (Å²) in [5.74, 6) is 0.309. The Hall–Kier alpha value is -1.52. The van der Waals surface area contributed by atoms with Gasteiger partial charge in [-0.15, -0.1) is 0 Å². The highest BCUT2D eigenvalue weighted by molar-refractivity contribution is 5.82. The molecule has 0 bridgehead atoms. The summed E-state index contributed by atoms with van der Waals surface area (Å²) < 4.78 is 9.64. The highest BCUT2D eigenvalue weighted by atomic mass is 16.6. The lowest BCUT2D eigenvalue weighted by molar-refractivity contribution is 0.159. The molecule has 14 heavy (non-hydrogen) atoms. The lowest BCUT2D eigenvalue weighted by Crippen LogP contribution is -2.13. The van der Waals surface area contributed by atoms with Crippen molar-refractivity contribution in [3.63, 3.8) is 0 Å². The van der Waals surface area contributed by atoms with E-state index in [4.69, 9.17) is 9.26 Å². The number of rotatable bonds is 4. The van der Waals surface area contributed by atoms with Gasteiger partial charge in [0.25, 0.3) is 0 Å². The second-order valence-electron chi connectivity index (χ2n) is 2.95. The van der Waals surface area contributed by atoms with Gasteiger partial charge in [-0.3, -0.25) is 5.32 Å². The van der Waals surface area contributed by atoms with Crippen molar-refractivity contribution in [3.05, 3.63) is 11.8 Å². The van der Waals surface area contributed by atoms with E-state index in [1.165, 1.54) is 0 Å². The van der Waals surface area contributed by atoms with E-state index in [0.29, 0.717) is 18.2 Å². The SMILES string of the molecule is CCCCOC(=O)Nc1cc(C)no1. The number of hydrogen-bond donors (Lipinski definition) is 1. The third-order valence-electron chi connectivity index (χ3n) is 1.58. The van der Waals surface area contributed by atoms with E-state index in [0.717, 1.165) is 12.8 Å². The Labute approximate surface area is 82.4 Å².